The third kappa shape index (κ3) is 3.50. The molecule has 0 saturated heterocycles. The molecule has 3 rings (SSSR count). The lowest BCUT2D eigenvalue weighted by Gasteiger charge is -2.23. The highest BCUT2D eigenvalue weighted by Gasteiger charge is 2.23. The molecule has 1 atom stereocenters. The van der Waals surface area contributed by atoms with Crippen LogP contribution in [-0.4, -0.2) is 33.0 Å². The lowest BCUT2D eigenvalue weighted by atomic mass is 9.83. The van der Waals surface area contributed by atoms with Gasteiger partial charge in [-0.05, 0) is 30.4 Å². The van der Waals surface area contributed by atoms with Crippen LogP contribution in [0, 0.1) is 5.92 Å². The number of thioether (sulfide) groups is 1. The van der Waals surface area contributed by atoms with E-state index in [1.165, 1.54) is 11.1 Å². The Morgan fingerprint density at radius 3 is 3.00 bits per heavy atom. The SMILES string of the molecule is Cn1cnnc1SCCNC(=O)[C@@H]1CCc2ccccc2C1. The summed E-state index contributed by atoms with van der Waals surface area (Å²) in [5.41, 5.74) is 2.71. The number of carbonyl (C=O) groups is 1. The van der Waals surface area contributed by atoms with Gasteiger partial charge in [-0.1, -0.05) is 36.0 Å². The van der Waals surface area contributed by atoms with Gasteiger partial charge in [0, 0.05) is 25.3 Å². The highest BCUT2D eigenvalue weighted by Crippen LogP contribution is 2.25. The summed E-state index contributed by atoms with van der Waals surface area (Å²) in [6.07, 6.45) is 4.49. The summed E-state index contributed by atoms with van der Waals surface area (Å²) < 4.78 is 1.88. The molecule has 1 aliphatic carbocycles. The van der Waals surface area contributed by atoms with Crippen molar-refractivity contribution < 1.29 is 4.79 Å². The molecule has 1 heterocycles. The number of aromatic nitrogens is 3. The zero-order valence-corrected chi connectivity index (χ0v) is 13.5. The Morgan fingerprint density at radius 1 is 1.41 bits per heavy atom. The van der Waals surface area contributed by atoms with E-state index in [2.05, 4.69) is 39.8 Å². The smallest absolute Gasteiger partial charge is 0.223 e. The molecule has 1 aromatic carbocycles. The van der Waals surface area contributed by atoms with E-state index in [9.17, 15) is 4.79 Å². The summed E-state index contributed by atoms with van der Waals surface area (Å²) in [6, 6.07) is 8.43. The van der Waals surface area contributed by atoms with Gasteiger partial charge < -0.3 is 9.88 Å². The number of amides is 1. The number of fused-ring (bicyclic) bond motifs is 1. The molecule has 0 radical (unpaired) electrons. The molecule has 22 heavy (non-hydrogen) atoms. The minimum absolute atomic E-state index is 0.106. The molecule has 0 spiro atoms. The fourth-order valence-corrected chi connectivity index (χ4v) is 3.53. The molecular formula is C16H20N4OS. The molecule has 116 valence electrons. The quantitative estimate of drug-likeness (QED) is 0.675. The van der Waals surface area contributed by atoms with Crippen molar-refractivity contribution >= 4 is 17.7 Å². The molecule has 0 fully saturated rings. The standard InChI is InChI=1S/C16H20N4OS/c1-20-11-18-19-16(20)22-9-8-17-15(21)14-7-6-12-4-2-3-5-13(12)10-14/h2-5,11,14H,6-10H2,1H3,(H,17,21)/t14-/m1/s1. The second-order valence-electron chi connectivity index (χ2n) is 5.57. The van der Waals surface area contributed by atoms with Crippen molar-refractivity contribution in [2.45, 2.75) is 24.4 Å². The molecule has 0 aliphatic heterocycles. The van der Waals surface area contributed by atoms with Crippen LogP contribution in [0.25, 0.3) is 0 Å². The van der Waals surface area contributed by atoms with Crippen LogP contribution in [0.5, 0.6) is 0 Å². The molecule has 5 nitrogen and oxygen atoms in total. The summed E-state index contributed by atoms with van der Waals surface area (Å²) in [5.74, 6) is 1.09. The molecule has 1 aromatic heterocycles. The summed E-state index contributed by atoms with van der Waals surface area (Å²) >= 11 is 1.61. The maximum Gasteiger partial charge on any atom is 0.223 e. The summed E-state index contributed by atoms with van der Waals surface area (Å²) in [6.45, 7) is 0.661. The number of rotatable bonds is 5. The predicted octanol–water partition coefficient (Wildman–Crippen LogP) is 1.83. The number of nitrogens with one attached hydrogen (secondary N) is 1. The van der Waals surface area contributed by atoms with Crippen molar-refractivity contribution in [2.24, 2.45) is 13.0 Å². The van der Waals surface area contributed by atoms with Crippen molar-refractivity contribution in [1.82, 2.24) is 20.1 Å². The molecule has 1 aliphatic rings. The highest BCUT2D eigenvalue weighted by atomic mass is 32.2. The van der Waals surface area contributed by atoms with Crippen LogP contribution in [-0.2, 0) is 24.7 Å². The Labute approximate surface area is 134 Å². The third-order valence-corrected chi connectivity index (χ3v) is 5.06. The molecule has 1 N–H and O–H groups in total. The van der Waals surface area contributed by atoms with Gasteiger partial charge in [-0.25, -0.2) is 0 Å². The van der Waals surface area contributed by atoms with Crippen molar-refractivity contribution in [3.05, 3.63) is 41.7 Å². The number of nitrogens with zero attached hydrogens (tertiary/aromatic N) is 3. The second-order valence-corrected chi connectivity index (χ2v) is 6.63. The number of hydrogen-bond acceptors (Lipinski definition) is 4. The summed E-state index contributed by atoms with van der Waals surface area (Å²) in [4.78, 5) is 12.3. The summed E-state index contributed by atoms with van der Waals surface area (Å²) in [5, 5.41) is 11.8. The third-order valence-electron chi connectivity index (χ3n) is 4.02. The first kappa shape index (κ1) is 15.1. The van der Waals surface area contributed by atoms with E-state index < -0.39 is 0 Å². The van der Waals surface area contributed by atoms with Gasteiger partial charge in [-0.15, -0.1) is 10.2 Å². The largest absolute Gasteiger partial charge is 0.355 e. The van der Waals surface area contributed by atoms with E-state index in [0.29, 0.717) is 6.54 Å². The molecule has 0 saturated carbocycles. The van der Waals surface area contributed by atoms with Gasteiger partial charge in [0.25, 0.3) is 0 Å². The Hall–Kier alpha value is -1.82. The van der Waals surface area contributed by atoms with Crippen LogP contribution in [0.15, 0.2) is 35.7 Å². The first-order valence-electron chi connectivity index (χ1n) is 7.55. The monoisotopic (exact) mass is 316 g/mol. The van der Waals surface area contributed by atoms with Crippen molar-refractivity contribution in [2.75, 3.05) is 12.3 Å². The van der Waals surface area contributed by atoms with E-state index >= 15 is 0 Å². The van der Waals surface area contributed by atoms with Gasteiger partial charge >= 0.3 is 0 Å². The number of hydrogen-bond donors (Lipinski definition) is 1. The van der Waals surface area contributed by atoms with Crippen LogP contribution in [0.3, 0.4) is 0 Å². The van der Waals surface area contributed by atoms with Gasteiger partial charge in [0.2, 0.25) is 5.91 Å². The Kier molecular flexibility index (Phi) is 4.77. The summed E-state index contributed by atoms with van der Waals surface area (Å²) in [7, 11) is 1.92. The number of carbonyl (C=O) groups excluding carboxylic acids is 1. The van der Waals surface area contributed by atoms with Crippen LogP contribution < -0.4 is 5.32 Å². The fraction of sp³-hybridized carbons (Fsp3) is 0.438. The maximum absolute atomic E-state index is 12.3. The number of benzene rings is 1. The maximum atomic E-state index is 12.3. The molecule has 0 bridgehead atoms. The minimum Gasteiger partial charge on any atom is -0.355 e. The minimum atomic E-state index is 0.106. The van der Waals surface area contributed by atoms with Gasteiger partial charge in [0.1, 0.15) is 6.33 Å². The molecule has 1 amide bonds. The Bertz CT molecular complexity index is 655. The molecule has 6 heteroatoms. The molecule has 0 unspecified atom stereocenters. The number of aryl methyl sites for hydroxylation is 2. The second kappa shape index (κ2) is 6.96. The topological polar surface area (TPSA) is 59.8 Å². The zero-order chi connectivity index (χ0) is 15.4. The average molecular weight is 316 g/mol. The first-order chi connectivity index (χ1) is 10.7. The van der Waals surface area contributed by atoms with E-state index in [4.69, 9.17) is 0 Å². The normalized spacial score (nSPS) is 17.0. The predicted molar refractivity (Wildman–Crippen MR) is 86.7 cm³/mol. The Balaban J connectivity index is 1.44. The van der Waals surface area contributed by atoms with Crippen molar-refractivity contribution in [1.29, 1.82) is 0 Å². The van der Waals surface area contributed by atoms with E-state index in [-0.39, 0.29) is 11.8 Å². The zero-order valence-electron chi connectivity index (χ0n) is 12.7. The average Bonchev–Trinajstić information content (AvgIpc) is 2.96. The highest BCUT2D eigenvalue weighted by molar-refractivity contribution is 7.99. The van der Waals surface area contributed by atoms with Crippen LogP contribution in [0.1, 0.15) is 17.5 Å². The van der Waals surface area contributed by atoms with Crippen LogP contribution in [0.2, 0.25) is 0 Å². The van der Waals surface area contributed by atoms with Crippen LogP contribution >= 0.6 is 11.8 Å². The van der Waals surface area contributed by atoms with Crippen molar-refractivity contribution in [3.63, 3.8) is 0 Å². The molecular weight excluding hydrogens is 296 g/mol. The van der Waals surface area contributed by atoms with Crippen LogP contribution in [0.4, 0.5) is 0 Å². The van der Waals surface area contributed by atoms with Gasteiger partial charge in [-0.2, -0.15) is 0 Å². The first-order valence-corrected chi connectivity index (χ1v) is 8.54. The molecule has 2 aromatic rings. The Morgan fingerprint density at radius 2 is 2.23 bits per heavy atom. The van der Waals surface area contributed by atoms with E-state index in [0.717, 1.165) is 30.2 Å². The van der Waals surface area contributed by atoms with E-state index in [1.807, 2.05) is 11.6 Å². The van der Waals surface area contributed by atoms with Gasteiger partial charge in [-0.3, -0.25) is 4.79 Å². The lowest BCUT2D eigenvalue weighted by Crippen LogP contribution is -2.35. The van der Waals surface area contributed by atoms with Crippen molar-refractivity contribution in [3.8, 4) is 0 Å². The lowest BCUT2D eigenvalue weighted by molar-refractivity contribution is -0.125. The van der Waals surface area contributed by atoms with Gasteiger partial charge in [0.15, 0.2) is 5.16 Å². The fourth-order valence-electron chi connectivity index (χ4n) is 2.79. The van der Waals surface area contributed by atoms with E-state index in [1.54, 1.807) is 18.1 Å². The van der Waals surface area contributed by atoms with Gasteiger partial charge in [0.05, 0.1) is 0 Å².